The number of nitrogens with one attached hydrogen (secondary N) is 1. The smallest absolute Gasteiger partial charge is 0.191 e. The van der Waals surface area contributed by atoms with Crippen molar-refractivity contribution in [3.8, 4) is 0 Å². The minimum absolute atomic E-state index is 1.05. The Morgan fingerprint density at radius 1 is 1.55 bits per heavy atom. The number of aromatic nitrogens is 1. The van der Waals surface area contributed by atoms with Gasteiger partial charge in [0.2, 0.25) is 0 Å². The second-order valence-corrected chi connectivity index (χ2v) is 2.68. The molecule has 0 aliphatic heterocycles. The molecule has 0 aliphatic carbocycles. The van der Waals surface area contributed by atoms with E-state index in [9.17, 15) is 0 Å². The standard InChI is InChI=1S/C9H15N2/c1-3-6-10-9-5-4-7-11(2)8-9/h4-5,7-8,10H,3,6H2,1-2H3/q+1. The van der Waals surface area contributed by atoms with Crippen LogP contribution in [0.2, 0.25) is 0 Å². The quantitative estimate of drug-likeness (QED) is 0.644. The maximum atomic E-state index is 3.31. The van der Waals surface area contributed by atoms with Crippen LogP contribution in [-0.2, 0) is 7.05 Å². The molecule has 0 aliphatic rings. The van der Waals surface area contributed by atoms with Gasteiger partial charge in [-0.2, -0.15) is 0 Å². The van der Waals surface area contributed by atoms with Crippen molar-refractivity contribution in [1.29, 1.82) is 0 Å². The molecule has 0 atom stereocenters. The second-order valence-electron chi connectivity index (χ2n) is 2.68. The van der Waals surface area contributed by atoms with E-state index in [1.165, 1.54) is 12.1 Å². The summed E-state index contributed by atoms with van der Waals surface area (Å²) in [7, 11) is 2.02. The van der Waals surface area contributed by atoms with Crippen LogP contribution in [0.25, 0.3) is 0 Å². The van der Waals surface area contributed by atoms with Gasteiger partial charge in [0, 0.05) is 12.6 Å². The third-order valence-corrected chi connectivity index (χ3v) is 1.52. The third-order valence-electron chi connectivity index (χ3n) is 1.52. The average Bonchev–Trinajstić information content (AvgIpc) is 2.01. The van der Waals surface area contributed by atoms with E-state index in [0.29, 0.717) is 0 Å². The molecule has 0 saturated heterocycles. The largest absolute Gasteiger partial charge is 0.380 e. The Hall–Kier alpha value is -1.05. The van der Waals surface area contributed by atoms with E-state index in [4.69, 9.17) is 0 Å². The van der Waals surface area contributed by atoms with E-state index in [2.05, 4.69) is 24.5 Å². The van der Waals surface area contributed by atoms with E-state index in [1.54, 1.807) is 0 Å². The molecule has 0 unspecified atom stereocenters. The minimum atomic E-state index is 1.05. The molecule has 2 nitrogen and oxygen atoms in total. The van der Waals surface area contributed by atoms with Crippen LogP contribution in [0, 0.1) is 0 Å². The van der Waals surface area contributed by atoms with Gasteiger partial charge in [0.05, 0.1) is 5.69 Å². The molecule has 1 rings (SSSR count). The summed E-state index contributed by atoms with van der Waals surface area (Å²) < 4.78 is 2.04. The van der Waals surface area contributed by atoms with Gasteiger partial charge in [-0.15, -0.1) is 0 Å². The molecule has 60 valence electrons. The van der Waals surface area contributed by atoms with Crippen molar-refractivity contribution < 1.29 is 4.57 Å². The predicted octanol–water partition coefficient (Wildman–Crippen LogP) is 1.33. The van der Waals surface area contributed by atoms with Gasteiger partial charge in [-0.3, -0.25) is 0 Å². The Morgan fingerprint density at radius 2 is 2.36 bits per heavy atom. The molecular formula is C9H15N2+. The van der Waals surface area contributed by atoms with Crippen LogP contribution in [0.1, 0.15) is 13.3 Å². The Labute approximate surface area is 67.9 Å². The Kier molecular flexibility index (Phi) is 2.90. The van der Waals surface area contributed by atoms with Crippen LogP contribution in [0.3, 0.4) is 0 Å². The first kappa shape index (κ1) is 8.05. The number of anilines is 1. The first-order valence-corrected chi connectivity index (χ1v) is 4.02. The number of nitrogens with zero attached hydrogens (tertiary/aromatic N) is 1. The molecule has 0 saturated carbocycles. The van der Waals surface area contributed by atoms with Crippen LogP contribution < -0.4 is 9.88 Å². The molecular weight excluding hydrogens is 136 g/mol. The molecule has 0 amide bonds. The summed E-state index contributed by atoms with van der Waals surface area (Å²) in [5.41, 5.74) is 1.19. The monoisotopic (exact) mass is 151 g/mol. The van der Waals surface area contributed by atoms with Crippen molar-refractivity contribution in [2.24, 2.45) is 7.05 Å². The van der Waals surface area contributed by atoms with Crippen LogP contribution in [0.4, 0.5) is 5.69 Å². The van der Waals surface area contributed by atoms with Crippen molar-refractivity contribution in [3.05, 3.63) is 24.5 Å². The van der Waals surface area contributed by atoms with Gasteiger partial charge in [-0.1, -0.05) is 6.92 Å². The zero-order chi connectivity index (χ0) is 8.10. The summed E-state index contributed by atoms with van der Waals surface area (Å²) in [5, 5.41) is 3.31. The maximum Gasteiger partial charge on any atom is 0.191 e. The topological polar surface area (TPSA) is 15.9 Å². The zero-order valence-corrected chi connectivity index (χ0v) is 7.17. The van der Waals surface area contributed by atoms with Crippen molar-refractivity contribution in [3.63, 3.8) is 0 Å². The Morgan fingerprint density at radius 3 is 3.00 bits per heavy atom. The van der Waals surface area contributed by atoms with Crippen molar-refractivity contribution >= 4 is 5.69 Å². The van der Waals surface area contributed by atoms with Gasteiger partial charge in [0.25, 0.3) is 0 Å². The molecule has 1 aromatic heterocycles. The van der Waals surface area contributed by atoms with Gasteiger partial charge in [-0.05, 0) is 12.5 Å². The number of rotatable bonds is 3. The second kappa shape index (κ2) is 3.96. The number of aryl methyl sites for hydroxylation is 1. The molecule has 0 aromatic carbocycles. The van der Waals surface area contributed by atoms with Crippen LogP contribution in [-0.4, -0.2) is 6.54 Å². The highest BCUT2D eigenvalue weighted by Gasteiger charge is 1.94. The third kappa shape index (κ3) is 2.58. The first-order valence-electron chi connectivity index (χ1n) is 4.02. The van der Waals surface area contributed by atoms with Gasteiger partial charge in [-0.25, -0.2) is 4.57 Å². The molecule has 0 spiro atoms. The molecule has 0 radical (unpaired) electrons. The lowest BCUT2D eigenvalue weighted by atomic mass is 10.4. The average molecular weight is 151 g/mol. The molecule has 0 bridgehead atoms. The van der Waals surface area contributed by atoms with Crippen LogP contribution in [0.5, 0.6) is 0 Å². The van der Waals surface area contributed by atoms with Gasteiger partial charge in [0.1, 0.15) is 7.05 Å². The van der Waals surface area contributed by atoms with Crippen molar-refractivity contribution in [2.45, 2.75) is 13.3 Å². The fourth-order valence-electron chi connectivity index (χ4n) is 0.962. The first-order chi connectivity index (χ1) is 5.33. The summed E-state index contributed by atoms with van der Waals surface area (Å²) in [6.07, 6.45) is 5.27. The van der Waals surface area contributed by atoms with E-state index in [1.807, 2.05) is 23.9 Å². The Balaban J connectivity index is 2.56. The lowest BCUT2D eigenvalue weighted by Crippen LogP contribution is -2.26. The normalized spacial score (nSPS) is 9.64. The number of hydrogen-bond acceptors (Lipinski definition) is 1. The summed E-state index contributed by atoms with van der Waals surface area (Å²) in [5.74, 6) is 0. The van der Waals surface area contributed by atoms with Gasteiger partial charge in [0.15, 0.2) is 12.4 Å². The fourth-order valence-corrected chi connectivity index (χ4v) is 0.962. The molecule has 0 fully saturated rings. The lowest BCUT2D eigenvalue weighted by Gasteiger charge is -2.00. The lowest BCUT2D eigenvalue weighted by molar-refractivity contribution is -0.670. The van der Waals surface area contributed by atoms with E-state index in [0.717, 1.165) is 6.54 Å². The van der Waals surface area contributed by atoms with Crippen LogP contribution in [0.15, 0.2) is 24.5 Å². The Bertz CT molecular complexity index is 221. The maximum absolute atomic E-state index is 3.31. The zero-order valence-electron chi connectivity index (χ0n) is 7.17. The summed E-state index contributed by atoms with van der Waals surface area (Å²) in [4.78, 5) is 0. The van der Waals surface area contributed by atoms with E-state index in [-0.39, 0.29) is 0 Å². The molecule has 1 aromatic rings. The SMILES string of the molecule is CCCNc1ccc[n+](C)c1. The molecule has 1 N–H and O–H groups in total. The van der Waals surface area contributed by atoms with E-state index >= 15 is 0 Å². The summed E-state index contributed by atoms with van der Waals surface area (Å²) in [6, 6.07) is 4.12. The highest BCUT2D eigenvalue weighted by atomic mass is 14.9. The highest BCUT2D eigenvalue weighted by molar-refractivity contribution is 5.37. The summed E-state index contributed by atoms with van der Waals surface area (Å²) >= 11 is 0. The highest BCUT2D eigenvalue weighted by Crippen LogP contribution is 2.00. The number of pyridine rings is 1. The van der Waals surface area contributed by atoms with Gasteiger partial charge >= 0.3 is 0 Å². The molecule has 1 heterocycles. The van der Waals surface area contributed by atoms with Crippen molar-refractivity contribution in [2.75, 3.05) is 11.9 Å². The fraction of sp³-hybridized carbons (Fsp3) is 0.444. The van der Waals surface area contributed by atoms with Gasteiger partial charge < -0.3 is 5.32 Å². The number of hydrogen-bond donors (Lipinski definition) is 1. The minimum Gasteiger partial charge on any atom is -0.380 e. The molecule has 2 heteroatoms. The molecule has 11 heavy (non-hydrogen) atoms. The van der Waals surface area contributed by atoms with E-state index < -0.39 is 0 Å². The predicted molar refractivity (Wildman–Crippen MR) is 46.4 cm³/mol. The van der Waals surface area contributed by atoms with Crippen molar-refractivity contribution in [1.82, 2.24) is 0 Å². The van der Waals surface area contributed by atoms with Crippen LogP contribution >= 0.6 is 0 Å². The summed E-state index contributed by atoms with van der Waals surface area (Å²) in [6.45, 7) is 3.21.